The average Bonchev–Trinajstić information content (AvgIpc) is 2.11. The van der Waals surface area contributed by atoms with E-state index in [-0.39, 0.29) is 5.56 Å². The SMILES string of the molecule is CNCC(O)c1cc(Cl)c(C)cc1F. The molecule has 1 unspecified atom stereocenters. The van der Waals surface area contributed by atoms with Crippen LogP contribution in [0.25, 0.3) is 0 Å². The van der Waals surface area contributed by atoms with E-state index in [2.05, 4.69) is 5.32 Å². The normalized spacial score (nSPS) is 12.9. The van der Waals surface area contributed by atoms with Gasteiger partial charge in [0.15, 0.2) is 0 Å². The first-order valence-corrected chi connectivity index (χ1v) is 4.72. The van der Waals surface area contributed by atoms with Crippen molar-refractivity contribution in [3.63, 3.8) is 0 Å². The van der Waals surface area contributed by atoms with Crippen LogP contribution in [0.5, 0.6) is 0 Å². The Balaban J connectivity index is 3.02. The third kappa shape index (κ3) is 2.44. The summed E-state index contributed by atoms with van der Waals surface area (Å²) in [5, 5.41) is 12.8. The van der Waals surface area contributed by atoms with E-state index < -0.39 is 11.9 Å². The van der Waals surface area contributed by atoms with Crippen LogP contribution in [0.1, 0.15) is 17.2 Å². The molecule has 1 atom stereocenters. The minimum absolute atomic E-state index is 0.231. The number of hydrogen-bond acceptors (Lipinski definition) is 2. The van der Waals surface area contributed by atoms with Gasteiger partial charge in [0.05, 0.1) is 6.10 Å². The topological polar surface area (TPSA) is 32.3 Å². The molecular weight excluding hydrogens is 205 g/mol. The molecule has 0 fully saturated rings. The first kappa shape index (κ1) is 11.4. The first-order valence-electron chi connectivity index (χ1n) is 4.34. The Kier molecular flexibility index (Phi) is 3.86. The van der Waals surface area contributed by atoms with Gasteiger partial charge in [-0.1, -0.05) is 11.6 Å². The molecule has 2 N–H and O–H groups in total. The first-order chi connectivity index (χ1) is 6.56. The van der Waals surface area contributed by atoms with E-state index in [4.69, 9.17) is 11.6 Å². The molecule has 0 heterocycles. The lowest BCUT2D eigenvalue weighted by Crippen LogP contribution is -2.17. The van der Waals surface area contributed by atoms with Gasteiger partial charge in [-0.15, -0.1) is 0 Å². The van der Waals surface area contributed by atoms with Crippen LogP contribution in [-0.2, 0) is 0 Å². The lowest BCUT2D eigenvalue weighted by Gasteiger charge is -2.12. The summed E-state index contributed by atoms with van der Waals surface area (Å²) in [6.07, 6.45) is -0.863. The maximum atomic E-state index is 13.4. The van der Waals surface area contributed by atoms with Gasteiger partial charge in [-0.2, -0.15) is 0 Å². The van der Waals surface area contributed by atoms with Gasteiger partial charge >= 0.3 is 0 Å². The van der Waals surface area contributed by atoms with Crippen molar-refractivity contribution >= 4 is 11.6 Å². The Bertz CT molecular complexity index is 330. The van der Waals surface area contributed by atoms with Gasteiger partial charge in [0.1, 0.15) is 5.82 Å². The molecule has 2 nitrogen and oxygen atoms in total. The van der Waals surface area contributed by atoms with Crippen molar-refractivity contribution < 1.29 is 9.50 Å². The Morgan fingerprint density at radius 1 is 1.57 bits per heavy atom. The van der Waals surface area contributed by atoms with E-state index >= 15 is 0 Å². The zero-order valence-corrected chi connectivity index (χ0v) is 8.90. The van der Waals surface area contributed by atoms with Crippen LogP contribution in [0.2, 0.25) is 5.02 Å². The van der Waals surface area contributed by atoms with Gasteiger partial charge in [0.2, 0.25) is 0 Å². The van der Waals surface area contributed by atoms with Crippen molar-refractivity contribution in [3.05, 3.63) is 34.1 Å². The second-order valence-electron chi connectivity index (χ2n) is 3.20. The van der Waals surface area contributed by atoms with Crippen molar-refractivity contribution in [2.45, 2.75) is 13.0 Å². The molecule has 0 spiro atoms. The molecule has 0 radical (unpaired) electrons. The van der Waals surface area contributed by atoms with Crippen molar-refractivity contribution in [2.75, 3.05) is 13.6 Å². The molecule has 78 valence electrons. The van der Waals surface area contributed by atoms with Gasteiger partial charge in [-0.05, 0) is 31.7 Å². The summed E-state index contributed by atoms with van der Waals surface area (Å²) in [4.78, 5) is 0. The summed E-state index contributed by atoms with van der Waals surface area (Å²) in [5.41, 5.74) is 0.902. The molecule has 0 saturated carbocycles. The van der Waals surface area contributed by atoms with E-state index in [1.807, 2.05) is 0 Å². The summed E-state index contributed by atoms with van der Waals surface area (Å²) in [6, 6.07) is 2.80. The van der Waals surface area contributed by atoms with Crippen LogP contribution in [0.15, 0.2) is 12.1 Å². The number of rotatable bonds is 3. The average molecular weight is 218 g/mol. The van der Waals surface area contributed by atoms with Gasteiger partial charge < -0.3 is 10.4 Å². The molecule has 1 aromatic carbocycles. The predicted molar refractivity (Wildman–Crippen MR) is 55.0 cm³/mol. The highest BCUT2D eigenvalue weighted by Gasteiger charge is 2.13. The van der Waals surface area contributed by atoms with E-state index in [1.165, 1.54) is 12.1 Å². The van der Waals surface area contributed by atoms with E-state index in [9.17, 15) is 9.50 Å². The maximum absolute atomic E-state index is 13.4. The van der Waals surface area contributed by atoms with Gasteiger partial charge in [0.25, 0.3) is 0 Å². The Labute approximate surface area is 87.7 Å². The number of nitrogens with one attached hydrogen (secondary N) is 1. The predicted octanol–water partition coefficient (Wildman–Crippen LogP) is 2.04. The van der Waals surface area contributed by atoms with Crippen LogP contribution in [0.3, 0.4) is 0 Å². The van der Waals surface area contributed by atoms with Gasteiger partial charge in [0, 0.05) is 17.1 Å². The lowest BCUT2D eigenvalue weighted by atomic mass is 10.1. The molecule has 0 aliphatic rings. The third-order valence-corrected chi connectivity index (χ3v) is 2.44. The second-order valence-corrected chi connectivity index (χ2v) is 3.60. The summed E-state index contributed by atoms with van der Waals surface area (Å²) in [5.74, 6) is -0.422. The highest BCUT2D eigenvalue weighted by Crippen LogP contribution is 2.24. The van der Waals surface area contributed by atoms with E-state index in [0.717, 1.165) is 0 Å². The summed E-state index contributed by atoms with van der Waals surface area (Å²) in [7, 11) is 1.69. The minimum Gasteiger partial charge on any atom is -0.387 e. The summed E-state index contributed by atoms with van der Waals surface area (Å²) in [6.45, 7) is 2.02. The van der Waals surface area contributed by atoms with E-state index in [0.29, 0.717) is 17.1 Å². The maximum Gasteiger partial charge on any atom is 0.129 e. The molecule has 0 aromatic heterocycles. The van der Waals surface area contributed by atoms with Crippen molar-refractivity contribution in [3.8, 4) is 0 Å². The standard InChI is InChI=1S/C10H13ClFNO/c1-6-3-9(12)7(4-8(6)11)10(14)5-13-2/h3-4,10,13-14H,5H2,1-2H3. The van der Waals surface area contributed by atoms with Gasteiger partial charge in [-0.25, -0.2) is 4.39 Å². The largest absolute Gasteiger partial charge is 0.387 e. The highest BCUT2D eigenvalue weighted by atomic mass is 35.5. The molecule has 1 aromatic rings. The molecule has 14 heavy (non-hydrogen) atoms. The number of aryl methyl sites for hydroxylation is 1. The van der Waals surface area contributed by atoms with Crippen LogP contribution < -0.4 is 5.32 Å². The fraction of sp³-hybridized carbons (Fsp3) is 0.400. The molecule has 0 amide bonds. The number of hydrogen-bond donors (Lipinski definition) is 2. The number of halogens is 2. The monoisotopic (exact) mass is 217 g/mol. The molecule has 0 bridgehead atoms. The Hall–Kier alpha value is -0.640. The number of aliphatic hydroxyl groups is 1. The number of benzene rings is 1. The molecule has 0 aliphatic carbocycles. The molecule has 0 saturated heterocycles. The lowest BCUT2D eigenvalue weighted by molar-refractivity contribution is 0.173. The Morgan fingerprint density at radius 3 is 2.79 bits per heavy atom. The highest BCUT2D eigenvalue weighted by molar-refractivity contribution is 6.31. The Morgan fingerprint density at radius 2 is 2.21 bits per heavy atom. The third-order valence-electron chi connectivity index (χ3n) is 2.03. The number of aliphatic hydroxyl groups excluding tert-OH is 1. The fourth-order valence-electron chi connectivity index (χ4n) is 1.22. The van der Waals surface area contributed by atoms with Crippen LogP contribution >= 0.6 is 11.6 Å². The second kappa shape index (κ2) is 4.73. The van der Waals surface area contributed by atoms with Crippen LogP contribution in [0.4, 0.5) is 4.39 Å². The molecule has 1 rings (SSSR count). The molecular formula is C10H13ClFNO. The van der Waals surface area contributed by atoms with Crippen molar-refractivity contribution in [1.29, 1.82) is 0 Å². The van der Waals surface area contributed by atoms with E-state index in [1.54, 1.807) is 14.0 Å². The van der Waals surface area contributed by atoms with Crippen LogP contribution in [0, 0.1) is 12.7 Å². The molecule has 0 aliphatic heterocycles. The summed E-state index contributed by atoms with van der Waals surface area (Å²) >= 11 is 5.83. The zero-order valence-electron chi connectivity index (χ0n) is 8.14. The summed E-state index contributed by atoms with van der Waals surface area (Å²) < 4.78 is 13.4. The fourth-order valence-corrected chi connectivity index (χ4v) is 1.39. The minimum atomic E-state index is -0.863. The van der Waals surface area contributed by atoms with Crippen molar-refractivity contribution in [2.24, 2.45) is 0 Å². The zero-order chi connectivity index (χ0) is 10.7. The smallest absolute Gasteiger partial charge is 0.129 e. The quantitative estimate of drug-likeness (QED) is 0.812. The van der Waals surface area contributed by atoms with Crippen LogP contribution in [-0.4, -0.2) is 18.7 Å². The van der Waals surface area contributed by atoms with Gasteiger partial charge in [-0.3, -0.25) is 0 Å². The van der Waals surface area contributed by atoms with Crippen molar-refractivity contribution in [1.82, 2.24) is 5.32 Å². The molecule has 4 heteroatoms. The number of likely N-dealkylation sites (N-methyl/N-ethyl adjacent to an activating group) is 1.